The molecule has 6 heteroatoms. The lowest BCUT2D eigenvalue weighted by molar-refractivity contribution is -0.126. The van der Waals surface area contributed by atoms with Crippen molar-refractivity contribution in [3.63, 3.8) is 0 Å². The Hall–Kier alpha value is -1.07. The molecule has 3 rings (SSSR count). The number of halogens is 2. The molecule has 0 radical (unpaired) electrons. The SMILES string of the molecule is O=C(NCCc1cccs1)C1CCN(Cc2ccc(Cl)cc2Cl)CC1. The van der Waals surface area contributed by atoms with Gasteiger partial charge >= 0.3 is 0 Å². The second-order valence-electron chi connectivity index (χ2n) is 6.41. The monoisotopic (exact) mass is 396 g/mol. The molecular formula is C19H22Cl2N2OS. The van der Waals surface area contributed by atoms with Crippen LogP contribution < -0.4 is 5.32 Å². The van der Waals surface area contributed by atoms with E-state index in [-0.39, 0.29) is 11.8 Å². The summed E-state index contributed by atoms with van der Waals surface area (Å²) in [5, 5.41) is 6.52. The Morgan fingerprint density at radius 3 is 2.72 bits per heavy atom. The van der Waals surface area contributed by atoms with Crippen molar-refractivity contribution in [2.75, 3.05) is 19.6 Å². The van der Waals surface area contributed by atoms with E-state index in [4.69, 9.17) is 23.2 Å². The van der Waals surface area contributed by atoms with Gasteiger partial charge < -0.3 is 5.32 Å². The second kappa shape index (κ2) is 9.04. The van der Waals surface area contributed by atoms with Crippen LogP contribution in [0.1, 0.15) is 23.3 Å². The molecular weight excluding hydrogens is 375 g/mol. The first kappa shape index (κ1) is 18.7. The Bertz CT molecular complexity index is 697. The molecule has 0 atom stereocenters. The summed E-state index contributed by atoms with van der Waals surface area (Å²) in [5.74, 6) is 0.320. The van der Waals surface area contributed by atoms with Gasteiger partial charge in [0, 0.05) is 33.9 Å². The summed E-state index contributed by atoms with van der Waals surface area (Å²) in [4.78, 5) is 16.0. The third-order valence-electron chi connectivity index (χ3n) is 4.62. The Morgan fingerprint density at radius 2 is 2.04 bits per heavy atom. The molecule has 1 amide bonds. The summed E-state index contributed by atoms with van der Waals surface area (Å²) in [5.41, 5.74) is 1.09. The first-order chi connectivity index (χ1) is 12.1. The number of thiophene rings is 1. The summed E-state index contributed by atoms with van der Waals surface area (Å²) in [6.45, 7) is 3.37. The fourth-order valence-corrected chi connectivity index (χ4v) is 4.33. The first-order valence-electron chi connectivity index (χ1n) is 8.58. The summed E-state index contributed by atoms with van der Waals surface area (Å²) >= 11 is 13.9. The van der Waals surface area contributed by atoms with Crippen LogP contribution in [-0.4, -0.2) is 30.4 Å². The van der Waals surface area contributed by atoms with Crippen molar-refractivity contribution in [1.29, 1.82) is 0 Å². The molecule has 1 aliphatic heterocycles. The van der Waals surface area contributed by atoms with E-state index in [1.54, 1.807) is 17.4 Å². The smallest absolute Gasteiger partial charge is 0.223 e. The van der Waals surface area contributed by atoms with E-state index in [0.29, 0.717) is 10.0 Å². The van der Waals surface area contributed by atoms with Gasteiger partial charge in [-0.2, -0.15) is 0 Å². The molecule has 0 unspecified atom stereocenters. The van der Waals surface area contributed by atoms with Crippen LogP contribution in [0.5, 0.6) is 0 Å². The van der Waals surface area contributed by atoms with Gasteiger partial charge in [-0.05, 0) is 61.5 Å². The van der Waals surface area contributed by atoms with E-state index < -0.39 is 0 Å². The van der Waals surface area contributed by atoms with E-state index >= 15 is 0 Å². The van der Waals surface area contributed by atoms with Gasteiger partial charge in [-0.15, -0.1) is 11.3 Å². The van der Waals surface area contributed by atoms with E-state index in [2.05, 4.69) is 21.7 Å². The first-order valence-corrected chi connectivity index (χ1v) is 10.2. The molecule has 1 fully saturated rings. The zero-order chi connectivity index (χ0) is 17.6. The Labute approximate surface area is 162 Å². The molecule has 25 heavy (non-hydrogen) atoms. The highest BCUT2D eigenvalue weighted by Gasteiger charge is 2.25. The number of hydrogen-bond donors (Lipinski definition) is 1. The average Bonchev–Trinajstić information content (AvgIpc) is 3.11. The number of nitrogens with one attached hydrogen (secondary N) is 1. The molecule has 134 valence electrons. The zero-order valence-corrected chi connectivity index (χ0v) is 16.3. The van der Waals surface area contributed by atoms with Gasteiger partial charge in [-0.3, -0.25) is 9.69 Å². The van der Waals surface area contributed by atoms with Gasteiger partial charge in [0.1, 0.15) is 0 Å². The van der Waals surface area contributed by atoms with Crippen LogP contribution in [-0.2, 0) is 17.8 Å². The van der Waals surface area contributed by atoms with Crippen molar-refractivity contribution < 1.29 is 4.79 Å². The lowest BCUT2D eigenvalue weighted by Gasteiger charge is -2.31. The summed E-state index contributed by atoms with van der Waals surface area (Å²) in [7, 11) is 0. The minimum Gasteiger partial charge on any atom is -0.355 e. The number of hydrogen-bond acceptors (Lipinski definition) is 3. The van der Waals surface area contributed by atoms with Crippen LogP contribution in [0.15, 0.2) is 35.7 Å². The molecule has 1 aliphatic rings. The van der Waals surface area contributed by atoms with Crippen molar-refractivity contribution in [3.8, 4) is 0 Å². The maximum absolute atomic E-state index is 12.3. The number of amides is 1. The standard InChI is InChI=1S/C19H22Cl2N2OS/c20-16-4-3-15(18(21)12-16)13-23-9-6-14(7-10-23)19(24)22-8-5-17-2-1-11-25-17/h1-4,11-12,14H,5-10,13H2,(H,22,24). The number of benzene rings is 1. The Balaban J connectivity index is 1.41. The number of nitrogens with zero attached hydrogens (tertiary/aromatic N) is 1. The predicted molar refractivity (Wildman–Crippen MR) is 105 cm³/mol. The van der Waals surface area contributed by atoms with Gasteiger partial charge in [0.25, 0.3) is 0 Å². The molecule has 0 saturated carbocycles. The summed E-state index contributed by atoms with van der Waals surface area (Å²) in [6, 6.07) is 9.79. The molecule has 1 N–H and O–H groups in total. The third kappa shape index (κ3) is 5.45. The summed E-state index contributed by atoms with van der Waals surface area (Å²) < 4.78 is 0. The number of carbonyl (C=O) groups excluding carboxylic acids is 1. The molecule has 3 nitrogen and oxygen atoms in total. The maximum atomic E-state index is 12.3. The molecule has 2 heterocycles. The van der Waals surface area contributed by atoms with Crippen LogP contribution in [0.3, 0.4) is 0 Å². The largest absolute Gasteiger partial charge is 0.355 e. The number of piperidine rings is 1. The van der Waals surface area contributed by atoms with Crippen LogP contribution in [0.4, 0.5) is 0 Å². The van der Waals surface area contributed by atoms with E-state index in [0.717, 1.165) is 51.0 Å². The van der Waals surface area contributed by atoms with Crippen molar-refractivity contribution in [1.82, 2.24) is 10.2 Å². The van der Waals surface area contributed by atoms with Crippen molar-refractivity contribution in [3.05, 3.63) is 56.2 Å². The van der Waals surface area contributed by atoms with E-state index in [1.165, 1.54) is 4.88 Å². The van der Waals surface area contributed by atoms with Gasteiger partial charge in [-0.25, -0.2) is 0 Å². The highest BCUT2D eigenvalue weighted by molar-refractivity contribution is 7.09. The van der Waals surface area contributed by atoms with Crippen LogP contribution in [0, 0.1) is 5.92 Å². The van der Waals surface area contributed by atoms with Crippen LogP contribution in [0.2, 0.25) is 10.0 Å². The second-order valence-corrected chi connectivity index (χ2v) is 8.28. The van der Waals surface area contributed by atoms with E-state index in [9.17, 15) is 4.79 Å². The number of rotatable bonds is 6. The van der Waals surface area contributed by atoms with Gasteiger partial charge in [0.15, 0.2) is 0 Å². The molecule has 2 aromatic rings. The third-order valence-corrected chi connectivity index (χ3v) is 6.14. The predicted octanol–water partition coefficient (Wildman–Crippen LogP) is 4.63. The normalized spacial score (nSPS) is 16.1. The lowest BCUT2D eigenvalue weighted by Crippen LogP contribution is -2.40. The van der Waals surface area contributed by atoms with Gasteiger partial charge in [-0.1, -0.05) is 35.3 Å². The fraction of sp³-hybridized carbons (Fsp3) is 0.421. The molecule has 1 saturated heterocycles. The van der Waals surface area contributed by atoms with Crippen LogP contribution >= 0.6 is 34.5 Å². The minimum atomic E-state index is 0.125. The van der Waals surface area contributed by atoms with Crippen molar-refractivity contribution >= 4 is 40.4 Å². The van der Waals surface area contributed by atoms with Gasteiger partial charge in [0.2, 0.25) is 5.91 Å². The van der Waals surface area contributed by atoms with Gasteiger partial charge in [0.05, 0.1) is 0 Å². The number of likely N-dealkylation sites (tertiary alicyclic amines) is 1. The van der Waals surface area contributed by atoms with Crippen LogP contribution in [0.25, 0.3) is 0 Å². The van der Waals surface area contributed by atoms with Crippen molar-refractivity contribution in [2.24, 2.45) is 5.92 Å². The molecule has 1 aromatic carbocycles. The summed E-state index contributed by atoms with van der Waals surface area (Å²) in [6.07, 6.45) is 2.71. The lowest BCUT2D eigenvalue weighted by atomic mass is 9.95. The minimum absolute atomic E-state index is 0.125. The fourth-order valence-electron chi connectivity index (χ4n) is 3.15. The Morgan fingerprint density at radius 1 is 1.24 bits per heavy atom. The molecule has 0 spiro atoms. The maximum Gasteiger partial charge on any atom is 0.223 e. The topological polar surface area (TPSA) is 32.3 Å². The molecule has 0 bridgehead atoms. The Kier molecular flexibility index (Phi) is 6.77. The quantitative estimate of drug-likeness (QED) is 0.771. The van der Waals surface area contributed by atoms with Crippen molar-refractivity contribution in [2.45, 2.75) is 25.8 Å². The average molecular weight is 397 g/mol. The molecule has 1 aromatic heterocycles. The highest BCUT2D eigenvalue weighted by Crippen LogP contribution is 2.25. The molecule has 0 aliphatic carbocycles. The van der Waals surface area contributed by atoms with E-state index in [1.807, 2.05) is 18.2 Å². The number of carbonyl (C=O) groups is 1. The highest BCUT2D eigenvalue weighted by atomic mass is 35.5. The zero-order valence-electron chi connectivity index (χ0n) is 14.0.